The molecule has 2 heterocycles. The molecule has 2 aromatic rings. The standard InChI is InChI=1S/C12H16N4O2S/c1-4-9(19-12-13-5-6-16(12)3)11(17)14-10-7-8(2)18-15-10/h5-7,9H,4H2,1-3H3,(H,14,15,17)/t9-/m0/s1. The Labute approximate surface area is 115 Å². The van der Waals surface area contributed by atoms with Gasteiger partial charge in [0.05, 0.1) is 5.25 Å². The largest absolute Gasteiger partial charge is 0.360 e. The Bertz CT molecular complexity index is 564. The molecule has 0 spiro atoms. The van der Waals surface area contributed by atoms with Crippen molar-refractivity contribution in [3.05, 3.63) is 24.2 Å². The molecule has 0 bridgehead atoms. The first-order valence-electron chi connectivity index (χ1n) is 5.98. The van der Waals surface area contributed by atoms with Crippen LogP contribution in [0.3, 0.4) is 0 Å². The van der Waals surface area contributed by atoms with Gasteiger partial charge in [0.15, 0.2) is 11.0 Å². The number of aromatic nitrogens is 3. The van der Waals surface area contributed by atoms with Crippen LogP contribution < -0.4 is 5.32 Å². The van der Waals surface area contributed by atoms with Crippen LogP contribution in [0.15, 0.2) is 28.1 Å². The molecule has 0 aliphatic carbocycles. The zero-order chi connectivity index (χ0) is 13.8. The lowest BCUT2D eigenvalue weighted by Gasteiger charge is -2.12. The van der Waals surface area contributed by atoms with Crippen LogP contribution in [0.4, 0.5) is 5.82 Å². The van der Waals surface area contributed by atoms with Gasteiger partial charge in [-0.1, -0.05) is 23.8 Å². The molecule has 0 unspecified atom stereocenters. The van der Waals surface area contributed by atoms with E-state index in [4.69, 9.17) is 4.52 Å². The van der Waals surface area contributed by atoms with Gasteiger partial charge < -0.3 is 14.4 Å². The van der Waals surface area contributed by atoms with Crippen molar-refractivity contribution in [1.82, 2.24) is 14.7 Å². The van der Waals surface area contributed by atoms with Crippen LogP contribution in [0, 0.1) is 6.92 Å². The highest BCUT2D eigenvalue weighted by atomic mass is 32.2. The van der Waals surface area contributed by atoms with E-state index in [2.05, 4.69) is 15.5 Å². The van der Waals surface area contributed by atoms with Gasteiger partial charge in [0, 0.05) is 25.5 Å². The number of amides is 1. The van der Waals surface area contributed by atoms with E-state index >= 15 is 0 Å². The Morgan fingerprint density at radius 1 is 1.63 bits per heavy atom. The maximum Gasteiger partial charge on any atom is 0.239 e. The molecule has 0 aliphatic rings. The number of thioether (sulfide) groups is 1. The molecule has 0 radical (unpaired) electrons. The normalized spacial score (nSPS) is 12.4. The second-order valence-corrected chi connectivity index (χ2v) is 5.32. The summed E-state index contributed by atoms with van der Waals surface area (Å²) in [5.41, 5.74) is 0. The van der Waals surface area contributed by atoms with Crippen LogP contribution in [0.25, 0.3) is 0 Å². The molecule has 102 valence electrons. The van der Waals surface area contributed by atoms with Gasteiger partial charge in [0.2, 0.25) is 5.91 Å². The summed E-state index contributed by atoms with van der Waals surface area (Å²) in [5.74, 6) is 1.02. The molecule has 1 atom stereocenters. The first kappa shape index (κ1) is 13.7. The quantitative estimate of drug-likeness (QED) is 0.850. The maximum atomic E-state index is 12.1. The summed E-state index contributed by atoms with van der Waals surface area (Å²) in [5, 5.41) is 7.10. The number of hydrogen-bond acceptors (Lipinski definition) is 5. The SMILES string of the molecule is CC[C@H](Sc1nccn1C)C(=O)Nc1cc(C)on1. The number of imidazole rings is 1. The number of hydrogen-bond donors (Lipinski definition) is 1. The van der Waals surface area contributed by atoms with Crippen molar-refractivity contribution in [1.29, 1.82) is 0 Å². The monoisotopic (exact) mass is 280 g/mol. The summed E-state index contributed by atoms with van der Waals surface area (Å²) >= 11 is 1.44. The van der Waals surface area contributed by atoms with E-state index in [1.54, 1.807) is 19.2 Å². The number of rotatable bonds is 5. The number of nitrogens with zero attached hydrogens (tertiary/aromatic N) is 3. The predicted octanol–water partition coefficient (Wildman–Crippen LogP) is 2.23. The molecule has 0 saturated heterocycles. The number of carbonyl (C=O) groups is 1. The maximum absolute atomic E-state index is 12.1. The fraction of sp³-hybridized carbons (Fsp3) is 0.417. The summed E-state index contributed by atoms with van der Waals surface area (Å²) in [6.45, 7) is 3.75. The van der Waals surface area contributed by atoms with Crippen LogP contribution >= 0.6 is 11.8 Å². The van der Waals surface area contributed by atoms with E-state index in [0.29, 0.717) is 18.0 Å². The zero-order valence-corrected chi connectivity index (χ0v) is 11.9. The van der Waals surface area contributed by atoms with Crippen molar-refractivity contribution in [2.45, 2.75) is 30.7 Å². The Morgan fingerprint density at radius 3 is 2.95 bits per heavy atom. The minimum absolute atomic E-state index is 0.0937. The van der Waals surface area contributed by atoms with Crippen LogP contribution in [0.1, 0.15) is 19.1 Å². The smallest absolute Gasteiger partial charge is 0.239 e. The molecule has 0 aromatic carbocycles. The summed E-state index contributed by atoms with van der Waals surface area (Å²) in [6, 6.07) is 1.69. The molecule has 2 aromatic heterocycles. The number of aryl methyl sites for hydroxylation is 2. The average molecular weight is 280 g/mol. The predicted molar refractivity (Wildman–Crippen MR) is 73.0 cm³/mol. The lowest BCUT2D eigenvalue weighted by atomic mass is 10.3. The summed E-state index contributed by atoms with van der Waals surface area (Å²) < 4.78 is 6.81. The lowest BCUT2D eigenvalue weighted by Crippen LogP contribution is -2.25. The van der Waals surface area contributed by atoms with Crippen molar-refractivity contribution in [2.24, 2.45) is 7.05 Å². The van der Waals surface area contributed by atoms with Gasteiger partial charge in [-0.3, -0.25) is 4.79 Å². The van der Waals surface area contributed by atoms with E-state index in [0.717, 1.165) is 5.16 Å². The summed E-state index contributed by atoms with van der Waals surface area (Å²) in [6.07, 6.45) is 4.28. The molecule has 1 N–H and O–H groups in total. The van der Waals surface area contributed by atoms with Crippen LogP contribution in [-0.4, -0.2) is 25.9 Å². The van der Waals surface area contributed by atoms with Gasteiger partial charge in [-0.2, -0.15) is 0 Å². The number of nitrogens with one attached hydrogen (secondary N) is 1. The Hall–Kier alpha value is -1.76. The molecule has 19 heavy (non-hydrogen) atoms. The van der Waals surface area contributed by atoms with Crippen LogP contribution in [0.2, 0.25) is 0 Å². The minimum Gasteiger partial charge on any atom is -0.360 e. The van der Waals surface area contributed by atoms with Gasteiger partial charge >= 0.3 is 0 Å². The fourth-order valence-corrected chi connectivity index (χ4v) is 2.48. The van der Waals surface area contributed by atoms with E-state index in [-0.39, 0.29) is 11.2 Å². The van der Waals surface area contributed by atoms with Gasteiger partial charge in [-0.05, 0) is 13.3 Å². The van der Waals surface area contributed by atoms with Crippen molar-refractivity contribution in [2.75, 3.05) is 5.32 Å². The van der Waals surface area contributed by atoms with Gasteiger partial charge in [0.25, 0.3) is 0 Å². The Balaban J connectivity index is 2.01. The van der Waals surface area contributed by atoms with Gasteiger partial charge in [0.1, 0.15) is 5.76 Å². The first-order chi connectivity index (χ1) is 9.10. The molecule has 0 fully saturated rings. The van der Waals surface area contributed by atoms with Crippen molar-refractivity contribution in [3.63, 3.8) is 0 Å². The molecule has 0 saturated carbocycles. The lowest BCUT2D eigenvalue weighted by molar-refractivity contribution is -0.115. The van der Waals surface area contributed by atoms with E-state index < -0.39 is 0 Å². The van der Waals surface area contributed by atoms with Crippen LogP contribution in [0.5, 0.6) is 0 Å². The Morgan fingerprint density at radius 2 is 2.42 bits per heavy atom. The highest BCUT2D eigenvalue weighted by Crippen LogP contribution is 2.24. The molecular weight excluding hydrogens is 264 g/mol. The summed E-state index contributed by atoms with van der Waals surface area (Å²) in [7, 11) is 1.90. The Kier molecular flexibility index (Phi) is 4.26. The summed E-state index contributed by atoms with van der Waals surface area (Å²) in [4.78, 5) is 16.3. The third kappa shape index (κ3) is 3.37. The zero-order valence-electron chi connectivity index (χ0n) is 11.1. The van der Waals surface area contributed by atoms with E-state index in [1.165, 1.54) is 11.8 Å². The number of anilines is 1. The van der Waals surface area contributed by atoms with Crippen molar-refractivity contribution in [3.8, 4) is 0 Å². The molecule has 1 amide bonds. The average Bonchev–Trinajstić information content (AvgIpc) is 2.95. The second-order valence-electron chi connectivity index (χ2n) is 4.15. The molecular formula is C12H16N4O2S. The molecule has 0 aliphatic heterocycles. The van der Waals surface area contributed by atoms with Crippen LogP contribution in [-0.2, 0) is 11.8 Å². The van der Waals surface area contributed by atoms with E-state index in [1.807, 2.05) is 24.7 Å². The van der Waals surface area contributed by atoms with Gasteiger partial charge in [-0.15, -0.1) is 0 Å². The van der Waals surface area contributed by atoms with Crippen molar-refractivity contribution >= 4 is 23.5 Å². The van der Waals surface area contributed by atoms with E-state index in [9.17, 15) is 4.79 Å². The highest BCUT2D eigenvalue weighted by molar-refractivity contribution is 8.00. The third-order valence-electron chi connectivity index (χ3n) is 2.57. The second kappa shape index (κ2) is 5.92. The minimum atomic E-state index is -0.210. The molecule has 7 heteroatoms. The molecule has 6 nitrogen and oxygen atoms in total. The van der Waals surface area contributed by atoms with Gasteiger partial charge in [-0.25, -0.2) is 4.98 Å². The number of carbonyl (C=O) groups excluding carboxylic acids is 1. The first-order valence-corrected chi connectivity index (χ1v) is 6.86. The molecule has 2 rings (SSSR count). The third-order valence-corrected chi connectivity index (χ3v) is 4.00. The highest BCUT2D eigenvalue weighted by Gasteiger charge is 2.20. The fourth-order valence-electron chi connectivity index (χ4n) is 1.55. The van der Waals surface area contributed by atoms with Crippen molar-refractivity contribution < 1.29 is 9.32 Å². The topological polar surface area (TPSA) is 73.0 Å².